The van der Waals surface area contributed by atoms with Crippen molar-refractivity contribution in [1.82, 2.24) is 0 Å². The number of carbonyl (C=O) groups excluding carboxylic acids is 1. The van der Waals surface area contributed by atoms with Gasteiger partial charge in [0.05, 0.1) is 44.1 Å². The van der Waals surface area contributed by atoms with E-state index in [-0.39, 0.29) is 30.5 Å². The Kier molecular flexibility index (Phi) is 15.4. The monoisotopic (exact) mass is 610 g/mol. The second-order valence-electron chi connectivity index (χ2n) is 14.4. The Hall–Kier alpha value is -1.07. The number of nitrogens with two attached hydrogens (primary N) is 3. The SMILES string of the molecule is CCCCC[C@H]1C=C[C@@H](CCCCC[C@H](C(=O)[O-])[C@H](O)C[C@@H](C[NH2+]C)[C@@]2(O)C[C@H](CC3CC[NH2+]C(N)C3)C[C@H]2O)[C@H](O)C1. The summed E-state index contributed by atoms with van der Waals surface area (Å²) in [6.45, 7) is 3.71. The first-order chi connectivity index (χ1) is 20.6. The van der Waals surface area contributed by atoms with E-state index in [1.54, 1.807) is 0 Å². The van der Waals surface area contributed by atoms with Crippen molar-refractivity contribution in [3.8, 4) is 0 Å². The standard InChI is InChI=1S/C34H63N3O6/c1-3-4-6-9-23-12-13-26(29(38)17-23)10-7-5-8-11-28(33(41)42)30(39)20-27(22-36-2)34(43)21-25(18-31(34)40)16-24-14-15-37-32(35)19-24/h12-13,23-32,36-40,43H,3-11,14-22,35H2,1-2H3,(H,41,42)/p+1/t23-,24?,25+,26+,27-,28-,29+,30+,31+,32?,34-/m0/s1. The molecule has 2 unspecified atom stereocenters. The predicted octanol–water partition coefficient (Wildman–Crippen LogP) is 0.147. The van der Waals surface area contributed by atoms with Gasteiger partial charge in [-0.15, -0.1) is 0 Å². The largest absolute Gasteiger partial charge is 0.550 e. The smallest absolute Gasteiger partial charge is 0.137 e. The van der Waals surface area contributed by atoms with Gasteiger partial charge in [-0.2, -0.15) is 0 Å². The second-order valence-corrected chi connectivity index (χ2v) is 14.4. The molecule has 3 aliphatic rings. The molecule has 9 heteroatoms. The third-order valence-corrected chi connectivity index (χ3v) is 11.0. The highest BCUT2D eigenvalue weighted by atomic mass is 16.4. The van der Waals surface area contributed by atoms with Crippen LogP contribution in [0.2, 0.25) is 0 Å². The average Bonchev–Trinajstić information content (AvgIpc) is 3.24. The van der Waals surface area contributed by atoms with Gasteiger partial charge in [0.2, 0.25) is 0 Å². The summed E-state index contributed by atoms with van der Waals surface area (Å²) in [4.78, 5) is 12.1. The first kappa shape index (κ1) is 36.4. The number of piperidine rings is 1. The number of allylic oxidation sites excluding steroid dienone is 1. The topological polar surface area (TPSA) is 180 Å². The summed E-state index contributed by atoms with van der Waals surface area (Å²) in [6.07, 6.45) is 15.5. The summed E-state index contributed by atoms with van der Waals surface area (Å²) in [7, 11) is 1.89. The molecular formula is C34H64N3O6+. The van der Waals surface area contributed by atoms with Crippen LogP contribution in [0, 0.1) is 35.5 Å². The predicted molar refractivity (Wildman–Crippen MR) is 165 cm³/mol. The molecule has 0 aromatic carbocycles. The molecule has 3 rings (SSSR count). The molecule has 0 amide bonds. The summed E-state index contributed by atoms with van der Waals surface area (Å²) in [5, 5.41) is 60.7. The van der Waals surface area contributed by atoms with Crippen LogP contribution >= 0.6 is 0 Å². The van der Waals surface area contributed by atoms with Crippen molar-refractivity contribution in [3.63, 3.8) is 0 Å². The molecule has 250 valence electrons. The van der Waals surface area contributed by atoms with Crippen LogP contribution < -0.4 is 21.5 Å². The Labute approximate surface area is 260 Å². The lowest BCUT2D eigenvalue weighted by Crippen LogP contribution is -2.94. The van der Waals surface area contributed by atoms with Gasteiger partial charge in [-0.05, 0) is 75.5 Å². The normalized spacial score (nSPS) is 35.1. The number of hydrogen-bond acceptors (Lipinski definition) is 7. The van der Waals surface area contributed by atoms with Crippen molar-refractivity contribution in [2.75, 3.05) is 20.1 Å². The number of rotatable bonds is 19. The Morgan fingerprint density at radius 2 is 1.86 bits per heavy atom. The van der Waals surface area contributed by atoms with Crippen LogP contribution in [0.4, 0.5) is 0 Å². The molecule has 0 bridgehead atoms. The number of carboxylic acids is 1. The number of carboxylic acid groups (broad SMARTS) is 1. The van der Waals surface area contributed by atoms with Crippen LogP contribution in [0.1, 0.15) is 110 Å². The molecule has 0 radical (unpaired) electrons. The lowest BCUT2D eigenvalue weighted by molar-refractivity contribution is -0.699. The van der Waals surface area contributed by atoms with E-state index in [9.17, 15) is 30.3 Å². The van der Waals surface area contributed by atoms with Crippen LogP contribution in [-0.4, -0.2) is 76.6 Å². The van der Waals surface area contributed by atoms with Crippen molar-refractivity contribution >= 4 is 5.97 Å². The second kappa shape index (κ2) is 18.2. The zero-order chi connectivity index (χ0) is 31.4. The Balaban J connectivity index is 1.46. The zero-order valence-corrected chi connectivity index (χ0v) is 27.0. The lowest BCUT2D eigenvalue weighted by Gasteiger charge is -2.37. The van der Waals surface area contributed by atoms with Crippen LogP contribution in [0.3, 0.4) is 0 Å². The molecule has 11 atom stereocenters. The third-order valence-electron chi connectivity index (χ3n) is 11.0. The molecule has 0 aromatic rings. The van der Waals surface area contributed by atoms with E-state index >= 15 is 0 Å². The van der Waals surface area contributed by atoms with Gasteiger partial charge in [0.1, 0.15) is 6.17 Å². The molecule has 0 aromatic heterocycles. The fraction of sp³-hybridized carbons (Fsp3) is 0.912. The van der Waals surface area contributed by atoms with Gasteiger partial charge in [-0.1, -0.05) is 57.6 Å². The first-order valence-corrected chi connectivity index (χ1v) is 17.6. The molecule has 10 N–H and O–H groups in total. The minimum Gasteiger partial charge on any atom is -0.550 e. The minimum absolute atomic E-state index is 0.116. The van der Waals surface area contributed by atoms with Crippen LogP contribution in [0.25, 0.3) is 0 Å². The highest BCUT2D eigenvalue weighted by Crippen LogP contribution is 2.45. The number of quaternary nitrogens is 2. The van der Waals surface area contributed by atoms with Crippen molar-refractivity contribution in [1.29, 1.82) is 0 Å². The third kappa shape index (κ3) is 11.0. The number of aliphatic carboxylic acids is 1. The fourth-order valence-corrected chi connectivity index (χ4v) is 8.43. The maximum Gasteiger partial charge on any atom is 0.137 e. The molecule has 1 saturated carbocycles. The maximum atomic E-state index is 12.1. The van der Waals surface area contributed by atoms with E-state index in [4.69, 9.17) is 5.73 Å². The van der Waals surface area contributed by atoms with Gasteiger partial charge in [-0.25, -0.2) is 0 Å². The van der Waals surface area contributed by atoms with E-state index in [0.29, 0.717) is 44.1 Å². The molecule has 0 spiro atoms. The number of aliphatic hydroxyl groups excluding tert-OH is 3. The van der Waals surface area contributed by atoms with Crippen molar-refractivity contribution < 1.29 is 41.0 Å². The summed E-state index contributed by atoms with van der Waals surface area (Å²) < 4.78 is 0. The van der Waals surface area contributed by atoms with Crippen LogP contribution in [0.15, 0.2) is 12.2 Å². The van der Waals surface area contributed by atoms with E-state index in [1.165, 1.54) is 19.3 Å². The Morgan fingerprint density at radius 3 is 2.53 bits per heavy atom. The molecule has 1 aliphatic heterocycles. The van der Waals surface area contributed by atoms with Crippen molar-refractivity contribution in [2.45, 2.75) is 140 Å². The molecule has 9 nitrogen and oxygen atoms in total. The van der Waals surface area contributed by atoms with Gasteiger partial charge >= 0.3 is 0 Å². The van der Waals surface area contributed by atoms with Crippen molar-refractivity contribution in [3.05, 3.63) is 12.2 Å². The van der Waals surface area contributed by atoms with E-state index in [1.807, 2.05) is 12.4 Å². The minimum atomic E-state index is -1.35. The number of carbonyl (C=O) groups is 1. The van der Waals surface area contributed by atoms with Crippen LogP contribution in [0.5, 0.6) is 0 Å². The number of hydrogen-bond donors (Lipinski definition) is 7. The van der Waals surface area contributed by atoms with Gasteiger partial charge in [0.15, 0.2) is 0 Å². The van der Waals surface area contributed by atoms with E-state index < -0.39 is 35.6 Å². The summed E-state index contributed by atoms with van der Waals surface area (Å²) >= 11 is 0. The number of unbranched alkanes of at least 4 members (excludes halogenated alkanes) is 4. The highest BCUT2D eigenvalue weighted by molar-refractivity contribution is 5.68. The van der Waals surface area contributed by atoms with E-state index in [0.717, 1.165) is 57.9 Å². The fourth-order valence-electron chi connectivity index (χ4n) is 8.43. The molecule has 2 aliphatic carbocycles. The van der Waals surface area contributed by atoms with Gasteiger partial charge in [0.25, 0.3) is 0 Å². The maximum absolute atomic E-state index is 12.1. The summed E-state index contributed by atoms with van der Waals surface area (Å²) in [5.41, 5.74) is 4.79. The Bertz CT molecular complexity index is 845. The lowest BCUT2D eigenvalue weighted by atomic mass is 9.77. The highest BCUT2D eigenvalue weighted by Gasteiger charge is 2.52. The Morgan fingerprint density at radius 1 is 1.09 bits per heavy atom. The van der Waals surface area contributed by atoms with E-state index in [2.05, 4.69) is 24.4 Å². The molecular weight excluding hydrogens is 546 g/mol. The first-order valence-electron chi connectivity index (χ1n) is 17.6. The summed E-state index contributed by atoms with van der Waals surface area (Å²) in [5.74, 6) is -1.38. The van der Waals surface area contributed by atoms with Gasteiger partial charge < -0.3 is 41.0 Å². The molecule has 2 fully saturated rings. The number of aliphatic hydroxyl groups is 4. The zero-order valence-electron chi connectivity index (χ0n) is 27.0. The molecule has 43 heavy (non-hydrogen) atoms. The molecule has 1 heterocycles. The van der Waals surface area contributed by atoms with Crippen molar-refractivity contribution in [2.24, 2.45) is 41.2 Å². The quantitative estimate of drug-likeness (QED) is 0.0803. The average molecular weight is 611 g/mol. The van der Waals surface area contributed by atoms with Gasteiger partial charge in [-0.3, -0.25) is 5.73 Å². The molecule has 1 saturated heterocycles. The summed E-state index contributed by atoms with van der Waals surface area (Å²) in [6, 6.07) is 0. The van der Waals surface area contributed by atoms with Crippen LogP contribution in [-0.2, 0) is 4.79 Å². The van der Waals surface area contributed by atoms with Gasteiger partial charge in [0, 0.05) is 30.1 Å².